The number of ether oxygens (including phenoxy) is 3. The molecule has 1 rings (SSSR count). The van der Waals surface area contributed by atoms with Crippen LogP contribution in [0.3, 0.4) is 0 Å². The number of unbranched alkanes of at least 4 members (excludes halogenated alkanes) is 5. The first kappa shape index (κ1) is 23.8. The molecular formula is C22H35NO5. The lowest BCUT2D eigenvalue weighted by atomic mass is 10.1. The van der Waals surface area contributed by atoms with Gasteiger partial charge < -0.3 is 19.5 Å². The number of carbonyl (C=O) groups is 2. The highest BCUT2D eigenvalue weighted by molar-refractivity contribution is 5.82. The minimum Gasteiger partial charge on any atom is -0.494 e. The molecule has 1 atom stereocenters. The summed E-state index contributed by atoms with van der Waals surface area (Å²) in [6, 6.07) is 6.14. The van der Waals surface area contributed by atoms with Crippen LogP contribution < -0.4 is 10.1 Å². The zero-order valence-electron chi connectivity index (χ0n) is 17.9. The maximum Gasteiger partial charge on any atom is 0.408 e. The van der Waals surface area contributed by atoms with Gasteiger partial charge in [0, 0.05) is 0 Å². The van der Waals surface area contributed by atoms with E-state index in [2.05, 4.69) is 12.2 Å². The third-order valence-corrected chi connectivity index (χ3v) is 4.08. The van der Waals surface area contributed by atoms with Gasteiger partial charge in [-0.2, -0.15) is 0 Å². The van der Waals surface area contributed by atoms with Crippen molar-refractivity contribution in [1.29, 1.82) is 0 Å². The van der Waals surface area contributed by atoms with Gasteiger partial charge in [0.25, 0.3) is 0 Å². The van der Waals surface area contributed by atoms with E-state index in [0.29, 0.717) is 12.2 Å². The van der Waals surface area contributed by atoms with Crippen LogP contribution in [0.2, 0.25) is 0 Å². The molecular weight excluding hydrogens is 358 g/mol. The number of amides is 1. The molecule has 0 saturated carbocycles. The minimum absolute atomic E-state index is 0.563. The van der Waals surface area contributed by atoms with E-state index in [-0.39, 0.29) is 0 Å². The second-order valence-corrected chi connectivity index (χ2v) is 7.79. The molecule has 1 aromatic carbocycles. The Hall–Kier alpha value is -2.24. The largest absolute Gasteiger partial charge is 0.494 e. The summed E-state index contributed by atoms with van der Waals surface area (Å²) < 4.78 is 15.8. The van der Waals surface area contributed by atoms with Crippen molar-refractivity contribution in [3.8, 4) is 5.75 Å². The molecule has 1 unspecified atom stereocenters. The maximum atomic E-state index is 12.1. The van der Waals surface area contributed by atoms with Crippen molar-refractivity contribution >= 4 is 12.1 Å². The van der Waals surface area contributed by atoms with Crippen molar-refractivity contribution in [1.82, 2.24) is 5.32 Å². The van der Waals surface area contributed by atoms with E-state index < -0.39 is 23.7 Å². The Morgan fingerprint density at radius 3 is 2.18 bits per heavy atom. The average Bonchev–Trinajstić information content (AvgIpc) is 2.64. The van der Waals surface area contributed by atoms with Crippen molar-refractivity contribution < 1.29 is 23.8 Å². The average molecular weight is 394 g/mol. The van der Waals surface area contributed by atoms with E-state index in [1.54, 1.807) is 45.0 Å². The van der Waals surface area contributed by atoms with Crippen LogP contribution in [0.1, 0.15) is 77.8 Å². The summed E-state index contributed by atoms with van der Waals surface area (Å²) in [6.45, 7) is 8.16. The lowest BCUT2D eigenvalue weighted by Crippen LogP contribution is -2.38. The monoisotopic (exact) mass is 393 g/mol. The number of nitrogens with one attached hydrogen (secondary N) is 1. The number of carbonyl (C=O) groups excluding carboxylic acids is 2. The van der Waals surface area contributed by atoms with Crippen molar-refractivity contribution in [2.75, 3.05) is 13.7 Å². The van der Waals surface area contributed by atoms with Crippen LogP contribution in [0.25, 0.3) is 0 Å². The highest BCUT2D eigenvalue weighted by Crippen LogP contribution is 2.20. The normalized spacial score (nSPS) is 12.2. The number of alkyl carbamates (subject to hydrolysis) is 1. The minimum atomic E-state index is -0.938. The van der Waals surface area contributed by atoms with Gasteiger partial charge in [0.05, 0.1) is 13.7 Å². The Morgan fingerprint density at radius 1 is 1.00 bits per heavy atom. The number of esters is 1. The van der Waals surface area contributed by atoms with Gasteiger partial charge in [-0.3, -0.25) is 0 Å². The van der Waals surface area contributed by atoms with Crippen LogP contribution >= 0.6 is 0 Å². The third-order valence-electron chi connectivity index (χ3n) is 4.08. The third kappa shape index (κ3) is 9.62. The van der Waals surface area contributed by atoms with Gasteiger partial charge in [-0.15, -0.1) is 0 Å². The highest BCUT2D eigenvalue weighted by atomic mass is 16.6. The molecule has 0 bridgehead atoms. The molecule has 28 heavy (non-hydrogen) atoms. The summed E-state index contributed by atoms with van der Waals surface area (Å²) in [5, 5.41) is 2.56. The lowest BCUT2D eigenvalue weighted by Gasteiger charge is -2.22. The predicted octanol–water partition coefficient (Wildman–Crippen LogP) is 5.16. The molecule has 1 aromatic rings. The first-order chi connectivity index (χ1) is 13.3. The maximum absolute atomic E-state index is 12.1. The zero-order chi connectivity index (χ0) is 21.0. The SMILES string of the molecule is CCCCCCCCOc1ccc(C(NC(=O)OC(C)(C)C)C(=O)OC)cc1. The van der Waals surface area contributed by atoms with Crippen molar-refractivity contribution in [3.63, 3.8) is 0 Å². The van der Waals surface area contributed by atoms with Crippen molar-refractivity contribution in [2.45, 2.75) is 77.9 Å². The number of methoxy groups -OCH3 is 1. The molecule has 158 valence electrons. The molecule has 0 heterocycles. The number of benzene rings is 1. The van der Waals surface area contributed by atoms with Crippen molar-refractivity contribution in [2.24, 2.45) is 0 Å². The Bertz CT molecular complexity index is 592. The van der Waals surface area contributed by atoms with Crippen molar-refractivity contribution in [3.05, 3.63) is 29.8 Å². The zero-order valence-corrected chi connectivity index (χ0v) is 17.9. The molecule has 0 fully saturated rings. The fourth-order valence-corrected chi connectivity index (χ4v) is 2.65. The summed E-state index contributed by atoms with van der Waals surface area (Å²) in [4.78, 5) is 24.1. The van der Waals surface area contributed by atoms with Crippen LogP contribution in [-0.2, 0) is 14.3 Å². The van der Waals surface area contributed by atoms with E-state index in [4.69, 9.17) is 14.2 Å². The molecule has 0 aliphatic rings. The molecule has 6 heteroatoms. The van der Waals surface area contributed by atoms with E-state index in [0.717, 1.165) is 12.2 Å². The second kappa shape index (κ2) is 12.3. The number of hydrogen-bond acceptors (Lipinski definition) is 5. The summed E-state index contributed by atoms with van der Waals surface area (Å²) >= 11 is 0. The smallest absolute Gasteiger partial charge is 0.408 e. The summed E-state index contributed by atoms with van der Waals surface area (Å²) in [7, 11) is 1.28. The Balaban J connectivity index is 2.58. The molecule has 0 aromatic heterocycles. The van der Waals surface area contributed by atoms with Gasteiger partial charge in [0.15, 0.2) is 6.04 Å². The Morgan fingerprint density at radius 2 is 1.61 bits per heavy atom. The van der Waals surface area contributed by atoms with E-state index in [1.807, 2.05) is 0 Å². The second-order valence-electron chi connectivity index (χ2n) is 7.79. The van der Waals surface area contributed by atoms with Crippen LogP contribution in [0, 0.1) is 0 Å². The molecule has 1 N–H and O–H groups in total. The van der Waals surface area contributed by atoms with Gasteiger partial charge in [-0.05, 0) is 44.9 Å². The fraction of sp³-hybridized carbons (Fsp3) is 0.636. The summed E-state index contributed by atoms with van der Waals surface area (Å²) in [6.07, 6.45) is 6.59. The van der Waals surface area contributed by atoms with Crippen LogP contribution in [0.4, 0.5) is 4.79 Å². The standard InChI is InChI=1S/C22H35NO5/c1-6-7-8-9-10-11-16-27-18-14-12-17(13-15-18)19(20(24)26-5)23-21(25)28-22(2,3)4/h12-15,19H,6-11,16H2,1-5H3,(H,23,25). The van der Waals surface area contributed by atoms with Crippen LogP contribution in [-0.4, -0.2) is 31.4 Å². The van der Waals surface area contributed by atoms with E-state index >= 15 is 0 Å². The van der Waals surface area contributed by atoms with Gasteiger partial charge in [0.1, 0.15) is 11.4 Å². The molecule has 1 amide bonds. The number of hydrogen-bond donors (Lipinski definition) is 1. The van der Waals surface area contributed by atoms with E-state index in [1.165, 1.54) is 39.2 Å². The van der Waals surface area contributed by atoms with E-state index in [9.17, 15) is 9.59 Å². The van der Waals surface area contributed by atoms with Crippen LogP contribution in [0.15, 0.2) is 24.3 Å². The predicted molar refractivity (Wildman–Crippen MR) is 109 cm³/mol. The van der Waals surface area contributed by atoms with Crippen LogP contribution in [0.5, 0.6) is 5.75 Å². The molecule has 0 spiro atoms. The Labute approximate surface area is 168 Å². The lowest BCUT2D eigenvalue weighted by molar-refractivity contribution is -0.143. The first-order valence-corrected chi connectivity index (χ1v) is 10.1. The Kier molecular flexibility index (Phi) is 10.4. The highest BCUT2D eigenvalue weighted by Gasteiger charge is 2.26. The van der Waals surface area contributed by atoms with Gasteiger partial charge in [-0.1, -0.05) is 51.2 Å². The molecule has 0 aliphatic carbocycles. The number of rotatable bonds is 11. The van der Waals surface area contributed by atoms with Gasteiger partial charge in [-0.25, -0.2) is 9.59 Å². The summed E-state index contributed by atoms with van der Waals surface area (Å²) in [5.74, 6) is 0.171. The molecule has 0 radical (unpaired) electrons. The fourth-order valence-electron chi connectivity index (χ4n) is 2.65. The topological polar surface area (TPSA) is 73.9 Å². The molecule has 0 aliphatic heterocycles. The molecule has 0 saturated heterocycles. The summed E-state index contributed by atoms with van der Waals surface area (Å²) in [5.41, 5.74) is -0.0523. The molecule has 6 nitrogen and oxygen atoms in total. The quantitative estimate of drug-likeness (QED) is 0.415. The van der Waals surface area contributed by atoms with Gasteiger partial charge >= 0.3 is 12.1 Å². The van der Waals surface area contributed by atoms with Gasteiger partial charge in [0.2, 0.25) is 0 Å². The first-order valence-electron chi connectivity index (χ1n) is 10.1.